The largest absolute Gasteiger partial charge is 0.497 e. The first-order chi connectivity index (χ1) is 11.0. The third-order valence-electron chi connectivity index (χ3n) is 5.26. The number of methoxy groups -OCH3 is 1. The molecule has 132 valence electrons. The van der Waals surface area contributed by atoms with E-state index in [2.05, 4.69) is 78.9 Å². The van der Waals surface area contributed by atoms with Gasteiger partial charge in [0, 0.05) is 0 Å². The van der Waals surface area contributed by atoms with Crippen LogP contribution in [0.1, 0.15) is 52.2 Å². The van der Waals surface area contributed by atoms with Gasteiger partial charge in [-0.25, -0.2) is 0 Å². The minimum Gasteiger partial charge on any atom is -0.497 e. The van der Waals surface area contributed by atoms with Crippen molar-refractivity contribution in [1.29, 1.82) is 0 Å². The van der Waals surface area contributed by atoms with Crippen molar-refractivity contribution in [3.8, 4) is 5.75 Å². The summed E-state index contributed by atoms with van der Waals surface area (Å²) in [6.45, 7) is 18.6. The van der Waals surface area contributed by atoms with Crippen LogP contribution >= 0.6 is 0 Å². The lowest BCUT2D eigenvalue weighted by Gasteiger charge is -2.33. The second-order valence-corrected chi connectivity index (χ2v) is 13.4. The second-order valence-electron chi connectivity index (χ2n) is 8.96. The van der Waals surface area contributed by atoms with Crippen molar-refractivity contribution >= 4 is 13.3 Å². The summed E-state index contributed by atoms with van der Waals surface area (Å²) in [6.07, 6.45) is 5.79. The van der Waals surface area contributed by atoms with Crippen LogP contribution in [-0.4, -0.2) is 15.2 Å². The average Bonchev–Trinajstić information content (AvgIpc) is 2.95. The zero-order valence-electron chi connectivity index (χ0n) is 17.0. The third kappa shape index (κ3) is 3.39. The predicted molar refractivity (Wildman–Crippen MR) is 109 cm³/mol. The first-order valence-electron chi connectivity index (χ1n) is 9.09. The zero-order valence-corrected chi connectivity index (χ0v) is 18.0. The lowest BCUT2D eigenvalue weighted by molar-refractivity contribution is 0.400. The molecule has 0 radical (unpaired) electrons. The van der Waals surface area contributed by atoms with Gasteiger partial charge < -0.3 is 4.74 Å². The smallest absolute Gasteiger partial charge is 0.122 e. The maximum Gasteiger partial charge on any atom is 0.122 e. The third-order valence-corrected chi connectivity index (χ3v) is 8.98. The molecule has 0 aliphatic heterocycles. The van der Waals surface area contributed by atoms with Gasteiger partial charge in [0.15, 0.2) is 0 Å². The molecule has 0 atom stereocenters. The van der Waals surface area contributed by atoms with Crippen LogP contribution in [0, 0.1) is 12.8 Å². The van der Waals surface area contributed by atoms with Crippen LogP contribution in [-0.2, 0) is 5.41 Å². The van der Waals surface area contributed by atoms with E-state index in [1.54, 1.807) is 10.8 Å². The first-order valence-corrected chi connectivity index (χ1v) is 12.1. The van der Waals surface area contributed by atoms with Gasteiger partial charge in [0.25, 0.3) is 0 Å². The Kier molecular flexibility index (Phi) is 5.20. The first kappa shape index (κ1) is 19.0. The second kappa shape index (κ2) is 6.55. The zero-order chi connectivity index (χ0) is 18.3. The molecule has 0 spiro atoms. The van der Waals surface area contributed by atoms with Gasteiger partial charge in [0.1, 0.15) is 13.8 Å². The van der Waals surface area contributed by atoms with Crippen LogP contribution in [0.2, 0.25) is 13.1 Å². The van der Waals surface area contributed by atoms with Gasteiger partial charge in [-0.2, -0.15) is 0 Å². The summed E-state index contributed by atoms with van der Waals surface area (Å²) in [5.74, 6) is 1.70. The van der Waals surface area contributed by atoms with Crippen molar-refractivity contribution in [3.05, 3.63) is 46.2 Å². The molecule has 0 heterocycles. The van der Waals surface area contributed by atoms with Crippen LogP contribution in [0.5, 0.6) is 5.75 Å². The highest BCUT2D eigenvalue weighted by atomic mass is 28.3. The molecule has 2 rings (SSSR count). The van der Waals surface area contributed by atoms with E-state index in [0.717, 1.165) is 12.2 Å². The molecule has 0 aromatic heterocycles. The van der Waals surface area contributed by atoms with Gasteiger partial charge in [-0.15, -0.1) is 0 Å². The maximum atomic E-state index is 5.99. The molecule has 1 aromatic rings. The quantitative estimate of drug-likeness (QED) is 0.641. The molecule has 2 heteroatoms. The van der Waals surface area contributed by atoms with E-state index in [1.165, 1.54) is 16.3 Å². The maximum absolute atomic E-state index is 5.99. The van der Waals surface area contributed by atoms with E-state index in [9.17, 15) is 0 Å². The summed E-state index contributed by atoms with van der Waals surface area (Å²) in [5, 5.41) is 3.12. The monoisotopic (exact) mass is 342 g/mol. The summed E-state index contributed by atoms with van der Waals surface area (Å²) in [5.41, 5.74) is 4.31. The molecular formula is C22H34OSi. The van der Waals surface area contributed by atoms with Gasteiger partial charge in [-0.05, 0) is 41.0 Å². The fourth-order valence-corrected chi connectivity index (χ4v) is 7.30. The van der Waals surface area contributed by atoms with Crippen LogP contribution < -0.4 is 9.92 Å². The summed E-state index contributed by atoms with van der Waals surface area (Å²) in [7, 11) is 0.0447. The highest BCUT2D eigenvalue weighted by molar-refractivity contribution is 6.96. The van der Waals surface area contributed by atoms with Crippen molar-refractivity contribution in [1.82, 2.24) is 0 Å². The van der Waals surface area contributed by atoms with Gasteiger partial charge in [-0.1, -0.05) is 82.8 Å². The molecule has 1 aliphatic rings. The Morgan fingerprint density at radius 2 is 1.75 bits per heavy atom. The van der Waals surface area contributed by atoms with Crippen molar-refractivity contribution in [3.63, 3.8) is 0 Å². The van der Waals surface area contributed by atoms with Gasteiger partial charge in [0.2, 0.25) is 0 Å². The number of hydrogen-bond acceptors (Lipinski definition) is 1. The molecule has 0 bridgehead atoms. The van der Waals surface area contributed by atoms with E-state index in [-0.39, 0.29) is 5.41 Å². The summed E-state index contributed by atoms with van der Waals surface area (Å²) >= 11 is 0. The van der Waals surface area contributed by atoms with E-state index in [1.807, 2.05) is 7.11 Å². The van der Waals surface area contributed by atoms with E-state index < -0.39 is 8.07 Å². The minimum atomic E-state index is -1.79. The van der Waals surface area contributed by atoms with Crippen molar-refractivity contribution in [2.45, 2.75) is 66.5 Å². The number of rotatable bonds is 4. The lowest BCUT2D eigenvalue weighted by atomic mass is 9.85. The van der Waals surface area contributed by atoms with Gasteiger partial charge in [-0.3, -0.25) is 0 Å². The van der Waals surface area contributed by atoms with Crippen molar-refractivity contribution in [2.75, 3.05) is 7.11 Å². The molecule has 1 aliphatic carbocycles. The number of hydrogen-bond donors (Lipinski definition) is 0. The van der Waals surface area contributed by atoms with Crippen molar-refractivity contribution in [2.24, 2.45) is 5.92 Å². The van der Waals surface area contributed by atoms with Crippen LogP contribution in [0.4, 0.5) is 0 Å². The summed E-state index contributed by atoms with van der Waals surface area (Å²) < 4.78 is 5.99. The Labute approximate surface area is 149 Å². The van der Waals surface area contributed by atoms with Gasteiger partial charge in [0.05, 0.1) is 7.11 Å². The molecule has 1 aromatic carbocycles. The van der Waals surface area contributed by atoms with Gasteiger partial charge >= 0.3 is 0 Å². The van der Waals surface area contributed by atoms with Crippen LogP contribution in [0.25, 0.3) is 0 Å². The van der Waals surface area contributed by atoms with Crippen LogP contribution in [0.15, 0.2) is 35.1 Å². The fraction of sp³-hybridized carbons (Fsp3) is 0.545. The fourth-order valence-electron chi connectivity index (χ4n) is 3.86. The number of aryl methyl sites for hydroxylation is 1. The Morgan fingerprint density at radius 1 is 1.12 bits per heavy atom. The molecule has 1 nitrogen and oxygen atoms in total. The normalized spacial score (nSPS) is 15.6. The number of allylic oxidation sites excluding steroid dienone is 4. The summed E-state index contributed by atoms with van der Waals surface area (Å²) in [6, 6.07) is 4.68. The number of benzene rings is 1. The molecule has 0 saturated carbocycles. The van der Waals surface area contributed by atoms with Crippen molar-refractivity contribution < 1.29 is 4.74 Å². The summed E-state index contributed by atoms with van der Waals surface area (Å²) in [4.78, 5) is 0. The lowest BCUT2D eigenvalue weighted by Crippen LogP contribution is -2.46. The Hall–Kier alpha value is -1.28. The Morgan fingerprint density at radius 3 is 2.25 bits per heavy atom. The predicted octanol–water partition coefficient (Wildman–Crippen LogP) is 5.67. The Balaban J connectivity index is 2.72. The highest BCUT2D eigenvalue weighted by Gasteiger charge is 2.36. The molecule has 0 fully saturated rings. The van der Waals surface area contributed by atoms with E-state index >= 15 is 0 Å². The number of ether oxygens (including phenoxy) is 1. The SMILES string of the molecule is COc1c(C(C)(C)C)cc(C)cc1[Si](C)(C)C1=C(C(C)C)C=CC1. The molecule has 0 amide bonds. The van der Waals surface area contributed by atoms with E-state index in [0.29, 0.717) is 5.92 Å². The molecule has 0 saturated heterocycles. The minimum absolute atomic E-state index is 0.0831. The Bertz CT molecular complexity index is 685. The van der Waals surface area contributed by atoms with E-state index in [4.69, 9.17) is 4.74 Å². The standard InChI is InChI=1S/C22H34OSi/c1-15(2)17-11-10-12-19(17)24(8,9)20-14-16(3)13-18(21(20)23-7)22(4,5)6/h10-11,13-15H,12H2,1-9H3. The molecular weight excluding hydrogens is 308 g/mol. The molecule has 24 heavy (non-hydrogen) atoms. The van der Waals surface area contributed by atoms with Crippen LogP contribution in [0.3, 0.4) is 0 Å². The average molecular weight is 343 g/mol. The molecule has 0 unspecified atom stereocenters. The molecule has 0 N–H and O–H groups in total. The topological polar surface area (TPSA) is 9.23 Å². The highest BCUT2D eigenvalue weighted by Crippen LogP contribution is 2.37.